The Labute approximate surface area is 323 Å². The van der Waals surface area contributed by atoms with Gasteiger partial charge in [0.25, 0.3) is 0 Å². The summed E-state index contributed by atoms with van der Waals surface area (Å²) in [6.07, 6.45) is -1.52. The second-order valence-electron chi connectivity index (χ2n) is 14.4. The van der Waals surface area contributed by atoms with Gasteiger partial charge in [-0.15, -0.1) is 0 Å². The molecule has 3 amide bonds. The molecule has 0 saturated carbocycles. The lowest BCUT2D eigenvalue weighted by Gasteiger charge is -2.39. The Morgan fingerprint density at radius 2 is 1.43 bits per heavy atom. The van der Waals surface area contributed by atoms with Crippen LogP contribution in [0.3, 0.4) is 0 Å². The van der Waals surface area contributed by atoms with Crippen LogP contribution in [0, 0.1) is 0 Å². The van der Waals surface area contributed by atoms with Gasteiger partial charge in [-0.25, -0.2) is 14.4 Å². The summed E-state index contributed by atoms with van der Waals surface area (Å²) in [5.41, 5.74) is -0.559. The number of hydrogen-bond donors (Lipinski definition) is 6. The number of alkyl carbamates (subject to hydrolysis) is 1. The topological polar surface area (TPSA) is 210 Å². The smallest absolute Gasteiger partial charge is 0.408 e. The average Bonchev–Trinajstić information content (AvgIpc) is 3.15. The van der Waals surface area contributed by atoms with Crippen molar-refractivity contribution in [2.24, 2.45) is 0 Å². The minimum absolute atomic E-state index is 0.0381. The second kappa shape index (κ2) is 17.8. The van der Waals surface area contributed by atoms with Gasteiger partial charge >= 0.3 is 18.0 Å². The lowest BCUT2D eigenvalue weighted by atomic mass is 9.83. The van der Waals surface area contributed by atoms with Gasteiger partial charge in [-0.3, -0.25) is 9.59 Å². The number of hydrogen-bond acceptors (Lipinski definition) is 9. The molecule has 4 aromatic rings. The Kier molecular flexibility index (Phi) is 13.0. The summed E-state index contributed by atoms with van der Waals surface area (Å²) in [6, 6.07) is 26.6. The first-order valence-electron chi connectivity index (χ1n) is 18.0. The van der Waals surface area contributed by atoms with Crippen LogP contribution in [0.1, 0.15) is 65.9 Å². The van der Waals surface area contributed by atoms with Crippen molar-refractivity contribution in [3.63, 3.8) is 0 Å². The Bertz CT molecular complexity index is 2030. The van der Waals surface area contributed by atoms with Gasteiger partial charge in [0.15, 0.2) is 6.61 Å². The Morgan fingerprint density at radius 3 is 2.09 bits per heavy atom. The van der Waals surface area contributed by atoms with Gasteiger partial charge in [0.1, 0.15) is 46.5 Å². The van der Waals surface area contributed by atoms with E-state index in [2.05, 4.69) is 16.0 Å². The number of fused-ring (bicyclic) bond motifs is 1. The zero-order valence-corrected chi connectivity index (χ0v) is 31.2. The second-order valence-corrected chi connectivity index (χ2v) is 14.4. The van der Waals surface area contributed by atoms with Crippen LogP contribution in [0.4, 0.5) is 4.79 Å². The SMILES string of the molecule is CC(C)(C)OC(=O)N[C@@H](Cc1ccccc1)C(=O)N[C@@H](Cc1ccc(OCC(=O)O)c(C(=O)O)c1)C(=O)NCC1(O)CC(c2ccccc2)Oc2ccccc21. The van der Waals surface area contributed by atoms with Gasteiger partial charge in [-0.1, -0.05) is 84.9 Å². The molecule has 1 aliphatic rings. The Morgan fingerprint density at radius 1 is 0.804 bits per heavy atom. The van der Waals surface area contributed by atoms with Gasteiger partial charge in [0, 0.05) is 24.8 Å². The normalized spacial score (nSPS) is 17.2. The molecule has 4 aromatic carbocycles. The number of nitrogens with one attached hydrogen (secondary N) is 3. The number of carbonyl (C=O) groups excluding carboxylic acids is 3. The first-order chi connectivity index (χ1) is 26.6. The van der Waals surface area contributed by atoms with Gasteiger partial charge in [-0.05, 0) is 55.7 Å². The molecular weight excluding hydrogens is 722 g/mol. The lowest BCUT2D eigenvalue weighted by Crippen LogP contribution is -2.56. The quantitative estimate of drug-likeness (QED) is 0.0990. The number of benzene rings is 4. The van der Waals surface area contributed by atoms with Gasteiger partial charge in [0.05, 0.1) is 6.54 Å². The molecular formula is C42H45N3O11. The molecule has 0 aliphatic carbocycles. The number of carboxylic acids is 2. The average molecular weight is 768 g/mol. The molecule has 2 unspecified atom stereocenters. The van der Waals surface area contributed by atoms with E-state index < -0.39 is 65.8 Å². The summed E-state index contributed by atoms with van der Waals surface area (Å²) in [5.74, 6) is -3.93. The maximum Gasteiger partial charge on any atom is 0.408 e. The van der Waals surface area contributed by atoms with Crippen molar-refractivity contribution in [1.82, 2.24) is 16.0 Å². The van der Waals surface area contributed by atoms with Crippen LogP contribution in [0.25, 0.3) is 0 Å². The summed E-state index contributed by atoms with van der Waals surface area (Å²) in [4.78, 5) is 64.4. The Balaban J connectivity index is 1.44. The van der Waals surface area contributed by atoms with E-state index in [1.165, 1.54) is 18.2 Å². The highest BCUT2D eigenvalue weighted by molar-refractivity contribution is 5.93. The maximum atomic E-state index is 14.2. The van der Waals surface area contributed by atoms with Gasteiger partial charge in [-0.2, -0.15) is 0 Å². The molecule has 294 valence electrons. The Hall–Kier alpha value is -6.41. The van der Waals surface area contributed by atoms with Crippen LogP contribution >= 0.6 is 0 Å². The largest absolute Gasteiger partial charge is 0.485 e. The van der Waals surface area contributed by atoms with E-state index in [9.17, 15) is 34.2 Å². The minimum Gasteiger partial charge on any atom is -0.485 e. The summed E-state index contributed by atoms with van der Waals surface area (Å²) >= 11 is 0. The molecule has 0 radical (unpaired) electrons. The number of aliphatic carboxylic acids is 1. The zero-order chi connectivity index (χ0) is 40.5. The monoisotopic (exact) mass is 767 g/mol. The molecule has 0 fully saturated rings. The maximum absolute atomic E-state index is 14.2. The molecule has 6 N–H and O–H groups in total. The van der Waals surface area contributed by atoms with Gasteiger partial charge < -0.3 is 45.5 Å². The summed E-state index contributed by atoms with van der Waals surface area (Å²) < 4.78 is 16.8. The zero-order valence-electron chi connectivity index (χ0n) is 31.2. The fourth-order valence-electron chi connectivity index (χ4n) is 6.31. The number of para-hydroxylation sites is 1. The number of carboxylic acid groups (broad SMARTS) is 2. The summed E-state index contributed by atoms with van der Waals surface area (Å²) in [6.45, 7) is 3.96. The molecule has 4 atom stereocenters. The van der Waals surface area contributed by atoms with Crippen molar-refractivity contribution in [2.75, 3.05) is 13.2 Å². The highest BCUT2D eigenvalue weighted by Crippen LogP contribution is 2.44. The van der Waals surface area contributed by atoms with Crippen molar-refractivity contribution < 1.29 is 53.5 Å². The van der Waals surface area contributed by atoms with Crippen LogP contribution in [0.15, 0.2) is 103 Å². The van der Waals surface area contributed by atoms with Crippen molar-refractivity contribution in [3.05, 3.63) is 131 Å². The number of amides is 3. The number of rotatable bonds is 15. The first-order valence-corrected chi connectivity index (χ1v) is 18.0. The lowest BCUT2D eigenvalue weighted by molar-refractivity contribution is -0.139. The van der Waals surface area contributed by atoms with E-state index in [1.807, 2.05) is 30.3 Å². The molecule has 0 spiro atoms. The standard InChI is InChI=1S/C42H45N3O11/c1-41(2,3)56-40(52)45-32(21-26-12-6-4-7-13-26)38(49)44-31(22-27-18-19-33(54-24-36(46)47)29(20-27)39(50)51)37(48)43-25-42(53)23-35(28-14-8-5-9-15-28)55-34-17-11-10-16-30(34)42/h4-20,31-32,35,53H,21-25H2,1-3H3,(H,43,48)(H,44,49)(H,45,52)(H,46,47)(H,50,51)/t31-,32-,35?,42?/m0/s1. The van der Waals surface area contributed by atoms with Gasteiger partial charge in [0.2, 0.25) is 11.8 Å². The summed E-state index contributed by atoms with van der Waals surface area (Å²) in [5, 5.41) is 39.2. The van der Waals surface area contributed by atoms with Crippen molar-refractivity contribution in [1.29, 1.82) is 0 Å². The number of carbonyl (C=O) groups is 5. The van der Waals surface area contributed by atoms with Crippen molar-refractivity contribution >= 4 is 29.8 Å². The third-order valence-electron chi connectivity index (χ3n) is 8.90. The van der Waals surface area contributed by atoms with E-state index in [0.717, 1.165) is 5.56 Å². The van der Waals surface area contributed by atoms with E-state index in [1.54, 1.807) is 75.4 Å². The summed E-state index contributed by atoms with van der Waals surface area (Å²) in [7, 11) is 0. The molecule has 14 nitrogen and oxygen atoms in total. The molecule has 1 aliphatic heterocycles. The van der Waals surface area contributed by atoms with Crippen LogP contribution in [0.2, 0.25) is 0 Å². The van der Waals surface area contributed by atoms with Crippen LogP contribution in [-0.4, -0.2) is 76.0 Å². The predicted molar refractivity (Wildman–Crippen MR) is 203 cm³/mol. The molecule has 0 bridgehead atoms. The molecule has 56 heavy (non-hydrogen) atoms. The minimum atomic E-state index is -1.60. The highest BCUT2D eigenvalue weighted by atomic mass is 16.6. The third-order valence-corrected chi connectivity index (χ3v) is 8.90. The van der Waals surface area contributed by atoms with Crippen molar-refractivity contribution in [2.45, 2.75) is 69.4 Å². The number of aromatic carboxylic acids is 1. The fourth-order valence-corrected chi connectivity index (χ4v) is 6.31. The van der Waals surface area contributed by atoms with E-state index in [4.69, 9.17) is 19.3 Å². The molecule has 0 saturated heterocycles. The van der Waals surface area contributed by atoms with E-state index >= 15 is 0 Å². The number of aliphatic hydroxyl groups is 1. The predicted octanol–water partition coefficient (Wildman–Crippen LogP) is 4.54. The van der Waals surface area contributed by atoms with E-state index in [0.29, 0.717) is 16.9 Å². The van der Waals surface area contributed by atoms with Crippen LogP contribution < -0.4 is 25.4 Å². The van der Waals surface area contributed by atoms with E-state index in [-0.39, 0.29) is 42.7 Å². The fraction of sp³-hybridized carbons (Fsp3) is 0.310. The van der Waals surface area contributed by atoms with Crippen molar-refractivity contribution in [3.8, 4) is 11.5 Å². The third kappa shape index (κ3) is 11.1. The molecule has 0 aromatic heterocycles. The highest BCUT2D eigenvalue weighted by Gasteiger charge is 2.41. The van der Waals surface area contributed by atoms with Crippen LogP contribution in [0.5, 0.6) is 11.5 Å². The molecule has 5 rings (SSSR count). The first kappa shape index (κ1) is 40.8. The molecule has 14 heteroatoms. The molecule has 1 heterocycles. The van der Waals surface area contributed by atoms with Crippen LogP contribution in [-0.2, 0) is 37.6 Å². The number of ether oxygens (including phenoxy) is 3.